The Morgan fingerprint density at radius 2 is 1.92 bits per heavy atom. The zero-order valence-corrected chi connectivity index (χ0v) is 14.2. The van der Waals surface area contributed by atoms with Gasteiger partial charge in [-0.05, 0) is 41.5 Å². The number of pyridine rings is 1. The van der Waals surface area contributed by atoms with Gasteiger partial charge in [-0.25, -0.2) is 4.98 Å². The van der Waals surface area contributed by atoms with Crippen LogP contribution in [0.5, 0.6) is 5.75 Å². The Labute approximate surface area is 152 Å². The maximum atomic E-state index is 12.3. The van der Waals surface area contributed by atoms with Crippen LogP contribution in [0.3, 0.4) is 0 Å². The summed E-state index contributed by atoms with van der Waals surface area (Å²) in [5.41, 5.74) is 3.81. The number of fused-ring (bicyclic) bond motifs is 1. The number of carbonyl (C=O) groups excluding carboxylic acids is 1. The van der Waals surface area contributed by atoms with E-state index in [0.29, 0.717) is 12.1 Å². The Bertz CT molecular complexity index is 908. The number of benzene rings is 2. The summed E-state index contributed by atoms with van der Waals surface area (Å²) in [6, 6.07) is 19.4. The molecule has 1 aliphatic heterocycles. The third-order valence-electron chi connectivity index (χ3n) is 4.21. The van der Waals surface area contributed by atoms with Gasteiger partial charge in [0.2, 0.25) is 5.91 Å². The summed E-state index contributed by atoms with van der Waals surface area (Å²) in [6.07, 6.45) is 2.89. The van der Waals surface area contributed by atoms with Crippen molar-refractivity contribution < 1.29 is 9.53 Å². The first-order valence-corrected chi connectivity index (χ1v) is 8.59. The molecule has 3 aromatic rings. The van der Waals surface area contributed by atoms with Gasteiger partial charge < -0.3 is 15.4 Å². The van der Waals surface area contributed by atoms with E-state index in [9.17, 15) is 4.79 Å². The van der Waals surface area contributed by atoms with Crippen LogP contribution >= 0.6 is 0 Å². The molecule has 0 spiro atoms. The van der Waals surface area contributed by atoms with E-state index in [0.717, 1.165) is 35.8 Å². The molecule has 1 aliphatic rings. The molecule has 0 atom stereocenters. The van der Waals surface area contributed by atoms with Crippen LogP contribution in [0.15, 0.2) is 66.9 Å². The molecule has 0 saturated carbocycles. The Morgan fingerprint density at radius 1 is 1.04 bits per heavy atom. The largest absolute Gasteiger partial charge is 0.493 e. The number of amides is 1. The van der Waals surface area contributed by atoms with Gasteiger partial charge >= 0.3 is 0 Å². The Kier molecular flexibility index (Phi) is 4.51. The number of anilines is 3. The highest BCUT2D eigenvalue weighted by atomic mass is 16.5. The topological polar surface area (TPSA) is 63.2 Å². The van der Waals surface area contributed by atoms with Crippen LogP contribution in [-0.2, 0) is 17.6 Å². The van der Waals surface area contributed by atoms with Crippen LogP contribution in [0.1, 0.15) is 11.1 Å². The van der Waals surface area contributed by atoms with Gasteiger partial charge in [-0.3, -0.25) is 4.79 Å². The van der Waals surface area contributed by atoms with Crippen molar-refractivity contribution in [3.63, 3.8) is 0 Å². The number of rotatable bonds is 5. The van der Waals surface area contributed by atoms with Crippen LogP contribution in [0.25, 0.3) is 0 Å². The lowest BCUT2D eigenvalue weighted by Gasteiger charge is -2.08. The highest BCUT2D eigenvalue weighted by molar-refractivity contribution is 5.92. The van der Waals surface area contributed by atoms with E-state index < -0.39 is 0 Å². The SMILES string of the molecule is O=C(Cc1ccc2c(c1)CCO2)Nc1ccc(Nc2ccccc2)nc1. The molecule has 4 rings (SSSR count). The number of hydrogen-bond donors (Lipinski definition) is 2. The summed E-state index contributed by atoms with van der Waals surface area (Å²) in [6.45, 7) is 0.722. The quantitative estimate of drug-likeness (QED) is 0.735. The first kappa shape index (κ1) is 16.1. The zero-order chi connectivity index (χ0) is 17.8. The molecule has 130 valence electrons. The molecule has 2 aromatic carbocycles. The minimum Gasteiger partial charge on any atom is -0.493 e. The van der Waals surface area contributed by atoms with Crippen LogP contribution in [0.2, 0.25) is 0 Å². The molecule has 5 nitrogen and oxygen atoms in total. The lowest BCUT2D eigenvalue weighted by molar-refractivity contribution is -0.115. The van der Waals surface area contributed by atoms with E-state index in [2.05, 4.69) is 15.6 Å². The number of ether oxygens (including phenoxy) is 1. The number of hydrogen-bond acceptors (Lipinski definition) is 4. The highest BCUT2D eigenvalue weighted by Crippen LogP contribution is 2.26. The summed E-state index contributed by atoms with van der Waals surface area (Å²) in [5.74, 6) is 1.60. The Morgan fingerprint density at radius 3 is 2.73 bits per heavy atom. The summed E-state index contributed by atoms with van der Waals surface area (Å²) >= 11 is 0. The van der Waals surface area contributed by atoms with Crippen molar-refractivity contribution in [3.05, 3.63) is 78.0 Å². The van der Waals surface area contributed by atoms with Crippen molar-refractivity contribution >= 4 is 23.1 Å². The van der Waals surface area contributed by atoms with E-state index in [4.69, 9.17) is 4.74 Å². The Balaban J connectivity index is 1.35. The van der Waals surface area contributed by atoms with Gasteiger partial charge in [-0.15, -0.1) is 0 Å². The molecule has 1 amide bonds. The first-order chi connectivity index (χ1) is 12.8. The lowest BCUT2D eigenvalue weighted by Crippen LogP contribution is -2.14. The predicted octanol–water partition coefficient (Wildman–Crippen LogP) is 3.94. The van der Waals surface area contributed by atoms with E-state index in [-0.39, 0.29) is 5.91 Å². The van der Waals surface area contributed by atoms with Crippen molar-refractivity contribution in [2.45, 2.75) is 12.8 Å². The van der Waals surface area contributed by atoms with Crippen molar-refractivity contribution in [2.75, 3.05) is 17.2 Å². The molecule has 0 unspecified atom stereocenters. The van der Waals surface area contributed by atoms with Crippen molar-refractivity contribution in [3.8, 4) is 5.75 Å². The van der Waals surface area contributed by atoms with Gasteiger partial charge in [0.25, 0.3) is 0 Å². The Hall–Kier alpha value is -3.34. The van der Waals surface area contributed by atoms with Crippen LogP contribution in [-0.4, -0.2) is 17.5 Å². The normalized spacial score (nSPS) is 12.2. The second-order valence-electron chi connectivity index (χ2n) is 6.19. The molecule has 0 aliphatic carbocycles. The van der Waals surface area contributed by atoms with Crippen LogP contribution < -0.4 is 15.4 Å². The van der Waals surface area contributed by atoms with E-state index >= 15 is 0 Å². The van der Waals surface area contributed by atoms with E-state index in [1.54, 1.807) is 6.20 Å². The lowest BCUT2D eigenvalue weighted by atomic mass is 10.1. The average molecular weight is 345 g/mol. The van der Waals surface area contributed by atoms with Gasteiger partial charge in [0.05, 0.1) is 24.9 Å². The zero-order valence-electron chi connectivity index (χ0n) is 14.2. The molecule has 26 heavy (non-hydrogen) atoms. The number of para-hydroxylation sites is 1. The van der Waals surface area contributed by atoms with Gasteiger partial charge in [0.1, 0.15) is 11.6 Å². The predicted molar refractivity (Wildman–Crippen MR) is 102 cm³/mol. The molecule has 1 aromatic heterocycles. The van der Waals surface area contributed by atoms with Gasteiger partial charge in [-0.1, -0.05) is 30.3 Å². The minimum atomic E-state index is -0.0607. The second-order valence-corrected chi connectivity index (χ2v) is 6.19. The summed E-state index contributed by atoms with van der Waals surface area (Å²) < 4.78 is 5.49. The average Bonchev–Trinajstić information content (AvgIpc) is 3.12. The van der Waals surface area contributed by atoms with Crippen LogP contribution in [0, 0.1) is 0 Å². The molecule has 5 heteroatoms. The first-order valence-electron chi connectivity index (χ1n) is 8.59. The number of carbonyl (C=O) groups is 1. The van der Waals surface area contributed by atoms with Gasteiger partial charge in [-0.2, -0.15) is 0 Å². The fourth-order valence-corrected chi connectivity index (χ4v) is 2.95. The third kappa shape index (κ3) is 3.83. The number of nitrogens with one attached hydrogen (secondary N) is 2. The van der Waals surface area contributed by atoms with E-state index in [1.165, 1.54) is 5.56 Å². The fourth-order valence-electron chi connectivity index (χ4n) is 2.95. The maximum absolute atomic E-state index is 12.3. The molecule has 0 bridgehead atoms. The highest BCUT2D eigenvalue weighted by Gasteiger charge is 2.13. The minimum absolute atomic E-state index is 0.0607. The standard InChI is InChI=1S/C21H19N3O2/c25-21(13-15-6-8-19-16(12-15)10-11-26-19)24-18-7-9-20(22-14-18)23-17-4-2-1-3-5-17/h1-9,12,14H,10-11,13H2,(H,22,23)(H,24,25). The second kappa shape index (κ2) is 7.27. The molecule has 0 radical (unpaired) electrons. The number of aromatic nitrogens is 1. The summed E-state index contributed by atoms with van der Waals surface area (Å²) in [7, 11) is 0. The van der Waals surface area contributed by atoms with Crippen molar-refractivity contribution in [1.82, 2.24) is 4.98 Å². The molecular formula is C21H19N3O2. The molecule has 2 heterocycles. The smallest absolute Gasteiger partial charge is 0.228 e. The summed E-state index contributed by atoms with van der Waals surface area (Å²) in [5, 5.41) is 6.10. The number of nitrogens with zero attached hydrogens (tertiary/aromatic N) is 1. The maximum Gasteiger partial charge on any atom is 0.228 e. The third-order valence-corrected chi connectivity index (χ3v) is 4.21. The monoisotopic (exact) mass is 345 g/mol. The van der Waals surface area contributed by atoms with Crippen molar-refractivity contribution in [2.24, 2.45) is 0 Å². The van der Waals surface area contributed by atoms with Gasteiger partial charge in [0.15, 0.2) is 0 Å². The molecule has 0 fully saturated rings. The van der Waals surface area contributed by atoms with Crippen LogP contribution in [0.4, 0.5) is 17.2 Å². The summed E-state index contributed by atoms with van der Waals surface area (Å²) in [4.78, 5) is 16.6. The molecule has 2 N–H and O–H groups in total. The molecular weight excluding hydrogens is 326 g/mol. The van der Waals surface area contributed by atoms with Gasteiger partial charge in [0, 0.05) is 12.1 Å². The van der Waals surface area contributed by atoms with Crippen molar-refractivity contribution in [1.29, 1.82) is 0 Å². The fraction of sp³-hybridized carbons (Fsp3) is 0.143. The van der Waals surface area contributed by atoms with E-state index in [1.807, 2.05) is 60.7 Å². The molecule has 0 saturated heterocycles.